The van der Waals surface area contributed by atoms with Gasteiger partial charge in [0, 0.05) is 32.7 Å². The number of piperazine rings is 1. The maximum atomic E-state index is 11.7. The van der Waals surface area contributed by atoms with Gasteiger partial charge in [0.1, 0.15) is 0 Å². The first-order valence-corrected chi connectivity index (χ1v) is 6.25. The van der Waals surface area contributed by atoms with Crippen molar-refractivity contribution in [3.63, 3.8) is 0 Å². The van der Waals surface area contributed by atoms with E-state index in [2.05, 4.69) is 10.6 Å². The molecule has 1 rings (SSSR count). The first kappa shape index (κ1) is 14.7. The van der Waals surface area contributed by atoms with Crippen LogP contribution in [0.25, 0.3) is 0 Å². The zero-order valence-electron chi connectivity index (χ0n) is 10.8. The zero-order chi connectivity index (χ0) is 13.4. The van der Waals surface area contributed by atoms with Crippen LogP contribution in [0.15, 0.2) is 0 Å². The number of carbonyl (C=O) groups is 2. The van der Waals surface area contributed by atoms with Gasteiger partial charge in [0.15, 0.2) is 0 Å². The molecule has 18 heavy (non-hydrogen) atoms. The van der Waals surface area contributed by atoms with Crippen molar-refractivity contribution in [2.45, 2.75) is 6.42 Å². The van der Waals surface area contributed by atoms with Gasteiger partial charge in [-0.25, -0.2) is 4.79 Å². The van der Waals surface area contributed by atoms with Crippen LogP contribution in [0.4, 0.5) is 4.79 Å². The highest BCUT2D eigenvalue weighted by molar-refractivity contribution is 5.74. The van der Waals surface area contributed by atoms with Gasteiger partial charge in [-0.15, -0.1) is 0 Å². The van der Waals surface area contributed by atoms with E-state index in [0.29, 0.717) is 32.7 Å². The third-order valence-electron chi connectivity index (χ3n) is 2.90. The fourth-order valence-electron chi connectivity index (χ4n) is 1.87. The molecule has 7 heteroatoms. The molecule has 0 bridgehead atoms. The molecule has 1 aliphatic rings. The van der Waals surface area contributed by atoms with Gasteiger partial charge in [-0.3, -0.25) is 9.69 Å². The number of hydrogen-bond acceptors (Lipinski definition) is 4. The molecule has 0 atom stereocenters. The third kappa shape index (κ3) is 5.33. The summed E-state index contributed by atoms with van der Waals surface area (Å²) in [6, 6.07) is -0.0546. The number of carbonyl (C=O) groups excluding carboxylic acids is 1. The maximum Gasteiger partial charge on any atom is 0.317 e. The van der Waals surface area contributed by atoms with E-state index in [1.54, 1.807) is 4.90 Å². The molecule has 1 fully saturated rings. The van der Waals surface area contributed by atoms with Gasteiger partial charge in [-0.2, -0.15) is 0 Å². The number of urea groups is 1. The summed E-state index contributed by atoms with van der Waals surface area (Å²) >= 11 is 0. The second-order valence-corrected chi connectivity index (χ2v) is 4.35. The highest BCUT2D eigenvalue weighted by Gasteiger charge is 2.21. The van der Waals surface area contributed by atoms with Gasteiger partial charge >= 0.3 is 12.0 Å². The Morgan fingerprint density at radius 3 is 2.39 bits per heavy atom. The Kier molecular flexibility index (Phi) is 6.45. The van der Waals surface area contributed by atoms with Crippen molar-refractivity contribution in [2.75, 3.05) is 52.9 Å². The van der Waals surface area contributed by atoms with E-state index in [9.17, 15) is 9.59 Å². The minimum Gasteiger partial charge on any atom is -0.480 e. The summed E-state index contributed by atoms with van der Waals surface area (Å²) in [4.78, 5) is 25.9. The average molecular weight is 258 g/mol. The minimum absolute atomic E-state index is 0.0532. The number of nitrogens with zero attached hydrogens (tertiary/aromatic N) is 2. The van der Waals surface area contributed by atoms with E-state index < -0.39 is 5.97 Å². The highest BCUT2D eigenvalue weighted by Crippen LogP contribution is 2.01. The van der Waals surface area contributed by atoms with Gasteiger partial charge < -0.3 is 20.6 Å². The van der Waals surface area contributed by atoms with E-state index in [1.807, 2.05) is 11.9 Å². The molecule has 104 valence electrons. The molecule has 2 amide bonds. The molecular weight excluding hydrogens is 236 g/mol. The fourth-order valence-corrected chi connectivity index (χ4v) is 1.87. The number of carboxylic acid groups (broad SMARTS) is 1. The molecule has 0 aromatic carbocycles. The lowest BCUT2D eigenvalue weighted by atomic mass is 10.3. The van der Waals surface area contributed by atoms with Crippen LogP contribution in [0.3, 0.4) is 0 Å². The molecule has 0 aliphatic carbocycles. The monoisotopic (exact) mass is 258 g/mol. The van der Waals surface area contributed by atoms with Gasteiger partial charge in [0.2, 0.25) is 0 Å². The van der Waals surface area contributed by atoms with Crippen LogP contribution in [0.2, 0.25) is 0 Å². The van der Waals surface area contributed by atoms with Crippen molar-refractivity contribution in [3.05, 3.63) is 0 Å². The van der Waals surface area contributed by atoms with Crippen molar-refractivity contribution >= 4 is 12.0 Å². The molecule has 0 radical (unpaired) electrons. The Labute approximate surface area is 107 Å². The van der Waals surface area contributed by atoms with Crippen molar-refractivity contribution < 1.29 is 14.7 Å². The molecule has 3 N–H and O–H groups in total. The lowest BCUT2D eigenvalue weighted by Crippen LogP contribution is -2.52. The van der Waals surface area contributed by atoms with E-state index >= 15 is 0 Å². The average Bonchev–Trinajstić information content (AvgIpc) is 2.34. The number of carboxylic acids is 1. The summed E-state index contributed by atoms with van der Waals surface area (Å²) in [6.45, 7) is 4.02. The Bertz CT molecular complexity index is 277. The number of aliphatic carboxylic acids is 1. The van der Waals surface area contributed by atoms with Gasteiger partial charge in [0.25, 0.3) is 0 Å². The lowest BCUT2D eigenvalue weighted by molar-refractivity contribution is -0.138. The predicted molar refractivity (Wildman–Crippen MR) is 67.6 cm³/mol. The highest BCUT2D eigenvalue weighted by atomic mass is 16.4. The summed E-state index contributed by atoms with van der Waals surface area (Å²) < 4.78 is 0. The van der Waals surface area contributed by atoms with E-state index in [4.69, 9.17) is 5.11 Å². The topological polar surface area (TPSA) is 84.9 Å². The Balaban J connectivity index is 2.17. The van der Waals surface area contributed by atoms with Crippen molar-refractivity contribution in [3.8, 4) is 0 Å². The molecule has 1 heterocycles. The summed E-state index contributed by atoms with van der Waals surface area (Å²) in [5.41, 5.74) is 0. The molecule has 1 aliphatic heterocycles. The zero-order valence-corrected chi connectivity index (χ0v) is 10.8. The number of rotatable bonds is 6. The predicted octanol–water partition coefficient (Wildman–Crippen LogP) is -0.992. The van der Waals surface area contributed by atoms with Crippen LogP contribution < -0.4 is 10.6 Å². The number of hydrogen-bond donors (Lipinski definition) is 3. The summed E-state index contributed by atoms with van der Waals surface area (Å²) in [5.74, 6) is -0.819. The van der Waals surface area contributed by atoms with E-state index in [0.717, 1.165) is 13.0 Å². The summed E-state index contributed by atoms with van der Waals surface area (Å²) in [5, 5.41) is 14.5. The SMILES string of the molecule is CNCCCNC(=O)N1CCN(CC(=O)O)CC1. The lowest BCUT2D eigenvalue weighted by Gasteiger charge is -2.33. The Hall–Kier alpha value is -1.34. The fraction of sp³-hybridized carbons (Fsp3) is 0.818. The first-order chi connectivity index (χ1) is 8.63. The van der Waals surface area contributed by atoms with Crippen LogP contribution in [0.5, 0.6) is 0 Å². The number of amides is 2. The Morgan fingerprint density at radius 2 is 1.83 bits per heavy atom. The Morgan fingerprint density at radius 1 is 1.17 bits per heavy atom. The third-order valence-corrected chi connectivity index (χ3v) is 2.90. The van der Waals surface area contributed by atoms with Gasteiger partial charge in [-0.05, 0) is 20.0 Å². The molecule has 0 spiro atoms. The molecule has 0 aromatic heterocycles. The largest absolute Gasteiger partial charge is 0.480 e. The first-order valence-electron chi connectivity index (χ1n) is 6.25. The molecule has 0 aromatic rings. The van der Waals surface area contributed by atoms with E-state index in [-0.39, 0.29) is 12.6 Å². The smallest absolute Gasteiger partial charge is 0.317 e. The van der Waals surface area contributed by atoms with Crippen LogP contribution in [0, 0.1) is 0 Å². The molecule has 7 nitrogen and oxygen atoms in total. The van der Waals surface area contributed by atoms with Crippen molar-refractivity contribution in [2.24, 2.45) is 0 Å². The van der Waals surface area contributed by atoms with Crippen molar-refractivity contribution in [1.29, 1.82) is 0 Å². The summed E-state index contributed by atoms with van der Waals surface area (Å²) in [7, 11) is 1.88. The molecule has 1 saturated heterocycles. The molecular formula is C11H22N4O3. The maximum absolute atomic E-state index is 11.7. The second kappa shape index (κ2) is 7.88. The van der Waals surface area contributed by atoms with Crippen LogP contribution in [-0.2, 0) is 4.79 Å². The normalized spacial score (nSPS) is 16.6. The number of nitrogens with one attached hydrogen (secondary N) is 2. The van der Waals surface area contributed by atoms with Gasteiger partial charge in [-0.1, -0.05) is 0 Å². The van der Waals surface area contributed by atoms with Gasteiger partial charge in [0.05, 0.1) is 6.54 Å². The second-order valence-electron chi connectivity index (χ2n) is 4.35. The van der Waals surface area contributed by atoms with Crippen LogP contribution in [-0.4, -0.2) is 79.8 Å². The van der Waals surface area contributed by atoms with Crippen LogP contribution in [0.1, 0.15) is 6.42 Å². The molecule has 0 unspecified atom stereocenters. The molecule has 0 saturated carbocycles. The quantitative estimate of drug-likeness (QED) is 0.533. The van der Waals surface area contributed by atoms with Crippen LogP contribution >= 0.6 is 0 Å². The van der Waals surface area contributed by atoms with Crippen molar-refractivity contribution in [1.82, 2.24) is 20.4 Å². The summed E-state index contributed by atoms with van der Waals surface area (Å²) in [6.07, 6.45) is 0.904. The van der Waals surface area contributed by atoms with E-state index in [1.165, 1.54) is 0 Å². The standard InChI is InChI=1S/C11H22N4O3/c1-12-3-2-4-13-11(18)15-7-5-14(6-8-15)9-10(16)17/h12H,2-9H2,1H3,(H,13,18)(H,16,17). The minimum atomic E-state index is -0.819.